The van der Waals surface area contributed by atoms with Crippen molar-refractivity contribution in [2.45, 2.75) is 39.5 Å². The number of unbranched alkanes of at least 4 members (excludes halogenated alkanes) is 2. The largest absolute Gasteiger partial charge is 0.204 e. The molecule has 2 heterocycles. The maximum atomic E-state index is 13.3. The van der Waals surface area contributed by atoms with Crippen molar-refractivity contribution in [3.8, 4) is 22.3 Å². The lowest BCUT2D eigenvalue weighted by Crippen LogP contribution is -1.86. The average molecular weight is 437 g/mol. The molecule has 0 unspecified atom stereocenters. The zero-order valence-corrected chi connectivity index (χ0v) is 18.7. The number of thiophene rings is 2. The van der Waals surface area contributed by atoms with E-state index < -0.39 is 11.6 Å². The van der Waals surface area contributed by atoms with E-state index in [0.29, 0.717) is 5.56 Å². The molecule has 4 aromatic rings. The Morgan fingerprint density at radius 1 is 0.833 bits per heavy atom. The van der Waals surface area contributed by atoms with Crippen molar-refractivity contribution in [3.05, 3.63) is 81.7 Å². The fourth-order valence-electron chi connectivity index (χ4n) is 3.37. The highest BCUT2D eigenvalue weighted by Crippen LogP contribution is 2.39. The van der Waals surface area contributed by atoms with Crippen LogP contribution in [0, 0.1) is 30.4 Å². The van der Waals surface area contributed by atoms with E-state index in [4.69, 9.17) is 0 Å². The van der Waals surface area contributed by atoms with Gasteiger partial charge in [-0.1, -0.05) is 37.7 Å². The third-order valence-electron chi connectivity index (χ3n) is 5.06. The molecule has 0 amide bonds. The molecule has 0 N–H and O–H groups in total. The van der Waals surface area contributed by atoms with E-state index in [0.717, 1.165) is 23.3 Å². The number of hydrogen-bond acceptors (Lipinski definition) is 2. The van der Waals surface area contributed by atoms with E-state index in [1.807, 2.05) is 35.7 Å². The quantitative estimate of drug-likeness (QED) is 0.218. The minimum Gasteiger partial charge on any atom is -0.204 e. The molecule has 0 aliphatic rings. The van der Waals surface area contributed by atoms with Crippen LogP contribution >= 0.6 is 22.7 Å². The molecule has 4 rings (SSSR count). The first-order valence-corrected chi connectivity index (χ1v) is 11.8. The van der Waals surface area contributed by atoms with Crippen LogP contribution in [0.3, 0.4) is 0 Å². The summed E-state index contributed by atoms with van der Waals surface area (Å²) in [6.45, 7) is 4.27. The summed E-state index contributed by atoms with van der Waals surface area (Å²) in [6.07, 6.45) is 4.99. The molecule has 0 saturated carbocycles. The van der Waals surface area contributed by atoms with E-state index in [2.05, 4.69) is 43.0 Å². The summed E-state index contributed by atoms with van der Waals surface area (Å²) in [5, 5.41) is 0. The van der Waals surface area contributed by atoms with Crippen LogP contribution < -0.4 is 0 Å². The summed E-state index contributed by atoms with van der Waals surface area (Å²) >= 11 is 3.74. The number of rotatable bonds is 5. The first-order valence-electron chi connectivity index (χ1n) is 10.1. The van der Waals surface area contributed by atoms with E-state index in [1.54, 1.807) is 0 Å². The molecule has 0 radical (unpaired) electrons. The van der Waals surface area contributed by atoms with E-state index in [1.165, 1.54) is 56.5 Å². The van der Waals surface area contributed by atoms with E-state index in [9.17, 15) is 8.78 Å². The van der Waals surface area contributed by atoms with Crippen LogP contribution in [-0.4, -0.2) is 0 Å². The molecule has 0 fully saturated rings. The van der Waals surface area contributed by atoms with Crippen LogP contribution in [0.25, 0.3) is 19.8 Å². The highest BCUT2D eigenvalue weighted by molar-refractivity contribution is 7.29. The zero-order chi connectivity index (χ0) is 21.1. The molecule has 2 aromatic carbocycles. The second-order valence-corrected chi connectivity index (χ2v) is 9.67. The van der Waals surface area contributed by atoms with E-state index >= 15 is 0 Å². The number of halogens is 2. The second kappa shape index (κ2) is 9.12. The van der Waals surface area contributed by atoms with Gasteiger partial charge in [0.05, 0.1) is 0 Å². The van der Waals surface area contributed by atoms with Crippen molar-refractivity contribution in [1.29, 1.82) is 0 Å². The lowest BCUT2D eigenvalue weighted by molar-refractivity contribution is 0.508. The Hall–Kier alpha value is -2.48. The monoisotopic (exact) mass is 436 g/mol. The first-order chi connectivity index (χ1) is 14.5. The lowest BCUT2D eigenvalue weighted by atomic mass is 10.0. The SMILES string of the molecule is CCCCCc1cc2sc(-c3ccc(C#Cc4ccc(F)c(F)c4)c(C)c3)cc2s1. The molecule has 2 aromatic heterocycles. The van der Waals surface area contributed by atoms with Gasteiger partial charge in [-0.15, -0.1) is 22.7 Å². The van der Waals surface area contributed by atoms with E-state index in [-0.39, 0.29) is 0 Å². The lowest BCUT2D eigenvalue weighted by Gasteiger charge is -2.02. The van der Waals surface area contributed by atoms with Gasteiger partial charge in [-0.3, -0.25) is 0 Å². The molecule has 0 aliphatic heterocycles. The summed E-state index contributed by atoms with van der Waals surface area (Å²) in [6, 6.07) is 14.6. The Morgan fingerprint density at radius 3 is 2.40 bits per heavy atom. The normalized spacial score (nSPS) is 10.9. The molecular formula is C26H22F2S2. The summed E-state index contributed by atoms with van der Waals surface area (Å²) in [5.41, 5.74) is 3.61. The van der Waals surface area contributed by atoms with Crippen LogP contribution in [0.15, 0.2) is 48.5 Å². The van der Waals surface area contributed by atoms with Crippen molar-refractivity contribution in [2.24, 2.45) is 0 Å². The summed E-state index contributed by atoms with van der Waals surface area (Å²) in [7, 11) is 0. The van der Waals surface area contributed by atoms with Gasteiger partial charge >= 0.3 is 0 Å². The van der Waals surface area contributed by atoms with Crippen LogP contribution in [0.1, 0.15) is 47.8 Å². The van der Waals surface area contributed by atoms with Crippen LogP contribution in [-0.2, 0) is 6.42 Å². The smallest absolute Gasteiger partial charge is 0.160 e. The van der Waals surface area contributed by atoms with Gasteiger partial charge in [-0.25, -0.2) is 8.78 Å². The third kappa shape index (κ3) is 4.64. The predicted molar refractivity (Wildman–Crippen MR) is 125 cm³/mol. The minimum absolute atomic E-state index is 0.464. The van der Waals surface area contributed by atoms with Crippen LogP contribution in [0.5, 0.6) is 0 Å². The summed E-state index contributed by atoms with van der Waals surface area (Å²) < 4.78 is 29.1. The fraction of sp³-hybridized carbons (Fsp3) is 0.231. The molecule has 152 valence electrons. The Kier molecular flexibility index (Phi) is 6.32. The van der Waals surface area contributed by atoms with Crippen LogP contribution in [0.2, 0.25) is 0 Å². The molecule has 30 heavy (non-hydrogen) atoms. The molecule has 4 heteroatoms. The fourth-order valence-corrected chi connectivity index (χ4v) is 5.83. The van der Waals surface area contributed by atoms with Crippen molar-refractivity contribution < 1.29 is 8.78 Å². The zero-order valence-electron chi connectivity index (χ0n) is 17.0. The maximum Gasteiger partial charge on any atom is 0.160 e. The Balaban J connectivity index is 1.53. The highest BCUT2D eigenvalue weighted by Gasteiger charge is 2.09. The van der Waals surface area contributed by atoms with Gasteiger partial charge in [0, 0.05) is 30.3 Å². The van der Waals surface area contributed by atoms with Crippen LogP contribution in [0.4, 0.5) is 8.78 Å². The number of fused-ring (bicyclic) bond motifs is 1. The van der Waals surface area contributed by atoms with Gasteiger partial charge in [-0.05, 0) is 73.4 Å². The Labute approximate surface area is 184 Å². The summed E-state index contributed by atoms with van der Waals surface area (Å²) in [5.74, 6) is 4.26. The van der Waals surface area contributed by atoms with Crippen molar-refractivity contribution in [1.82, 2.24) is 0 Å². The molecule has 0 nitrogen and oxygen atoms in total. The molecule has 0 bridgehead atoms. The summed E-state index contributed by atoms with van der Waals surface area (Å²) in [4.78, 5) is 2.75. The molecule has 0 aliphatic carbocycles. The highest BCUT2D eigenvalue weighted by atomic mass is 32.1. The number of benzene rings is 2. The van der Waals surface area contributed by atoms with Gasteiger partial charge in [0.15, 0.2) is 11.6 Å². The first kappa shape index (κ1) is 20.8. The average Bonchev–Trinajstić information content (AvgIpc) is 3.28. The molecule has 0 spiro atoms. The second-order valence-electron chi connectivity index (χ2n) is 7.42. The Morgan fingerprint density at radius 2 is 1.67 bits per heavy atom. The number of aryl methyl sites for hydroxylation is 2. The standard InChI is InChI=1S/C26H22F2S2/c1-3-4-5-6-21-15-25-26(29-21)16-24(30-25)20-11-10-19(17(2)13-20)9-7-18-8-12-22(27)23(28)14-18/h8,10-16H,3-6H2,1-2H3. The van der Waals surface area contributed by atoms with Gasteiger partial charge < -0.3 is 0 Å². The van der Waals surface area contributed by atoms with Gasteiger partial charge in [-0.2, -0.15) is 0 Å². The van der Waals surface area contributed by atoms with Crippen molar-refractivity contribution in [3.63, 3.8) is 0 Å². The minimum atomic E-state index is -0.875. The van der Waals surface area contributed by atoms with Crippen molar-refractivity contribution in [2.75, 3.05) is 0 Å². The maximum absolute atomic E-state index is 13.3. The predicted octanol–water partition coefficient (Wildman–Crippen LogP) is 8.35. The van der Waals surface area contributed by atoms with Gasteiger partial charge in [0.25, 0.3) is 0 Å². The third-order valence-corrected chi connectivity index (χ3v) is 7.46. The molecular weight excluding hydrogens is 414 g/mol. The Bertz CT molecular complexity index is 1220. The topological polar surface area (TPSA) is 0 Å². The van der Waals surface area contributed by atoms with Gasteiger partial charge in [0.1, 0.15) is 0 Å². The van der Waals surface area contributed by atoms with Gasteiger partial charge in [0.2, 0.25) is 0 Å². The number of hydrogen-bond donors (Lipinski definition) is 0. The molecule has 0 atom stereocenters. The van der Waals surface area contributed by atoms with Crippen molar-refractivity contribution >= 4 is 32.1 Å². The molecule has 0 saturated heterocycles.